The summed E-state index contributed by atoms with van der Waals surface area (Å²) in [7, 11) is 0. The highest BCUT2D eigenvalue weighted by molar-refractivity contribution is 7.13. The molecule has 1 aromatic carbocycles. The van der Waals surface area contributed by atoms with Gasteiger partial charge in [0.05, 0.1) is 6.42 Å². The molecule has 0 saturated carbocycles. The van der Waals surface area contributed by atoms with Crippen molar-refractivity contribution < 1.29 is 9.90 Å². The Bertz CT molecular complexity index is 540. The molecule has 0 aliphatic heterocycles. The fourth-order valence-electron chi connectivity index (χ4n) is 1.84. The summed E-state index contributed by atoms with van der Waals surface area (Å²) >= 11 is 1.53. The van der Waals surface area contributed by atoms with Gasteiger partial charge in [0.2, 0.25) is 0 Å². The smallest absolute Gasteiger partial charge is 0.305 e. The summed E-state index contributed by atoms with van der Waals surface area (Å²) in [6, 6.07) is 8.13. The van der Waals surface area contributed by atoms with E-state index in [1.165, 1.54) is 22.5 Å². The first-order valence-corrected chi connectivity index (χ1v) is 6.95. The lowest BCUT2D eigenvalue weighted by Crippen LogP contribution is -2.25. The van der Waals surface area contributed by atoms with E-state index in [2.05, 4.69) is 24.0 Å². The Morgan fingerprint density at radius 1 is 1.42 bits per heavy atom. The van der Waals surface area contributed by atoms with Crippen LogP contribution in [0.4, 0.5) is 5.13 Å². The quantitative estimate of drug-likeness (QED) is 0.881. The second-order valence-electron chi connectivity index (χ2n) is 4.31. The number of aliphatic carboxylic acids is 1. The zero-order valence-corrected chi connectivity index (χ0v) is 11.6. The monoisotopic (exact) mass is 276 g/mol. The molecule has 1 aromatic heterocycles. The number of hydrogen-bond acceptors (Lipinski definition) is 4. The molecule has 0 spiro atoms. The number of aryl methyl sites for hydroxylation is 1. The Morgan fingerprint density at radius 2 is 2.21 bits per heavy atom. The highest BCUT2D eigenvalue weighted by Gasteiger charge is 2.12. The van der Waals surface area contributed by atoms with Gasteiger partial charge in [0.25, 0.3) is 0 Å². The first kappa shape index (κ1) is 13.5. The standard InChI is InChI=1S/C14H16N2O2S/c1-11-4-2-3-5-12(11)10-16(8-6-13(17)18)14-15-7-9-19-14/h2-5,7,9H,6,8,10H2,1H3,(H,17,18). The molecule has 5 heteroatoms. The van der Waals surface area contributed by atoms with E-state index in [1.807, 2.05) is 22.4 Å². The number of nitrogens with zero attached hydrogens (tertiary/aromatic N) is 2. The number of thiazole rings is 1. The summed E-state index contributed by atoms with van der Waals surface area (Å²) in [5.74, 6) is -0.786. The van der Waals surface area contributed by atoms with E-state index in [-0.39, 0.29) is 6.42 Å². The molecule has 0 fully saturated rings. The maximum Gasteiger partial charge on any atom is 0.305 e. The second kappa shape index (κ2) is 6.33. The van der Waals surface area contributed by atoms with Crippen molar-refractivity contribution in [1.29, 1.82) is 0 Å². The highest BCUT2D eigenvalue weighted by atomic mass is 32.1. The van der Waals surface area contributed by atoms with Crippen molar-refractivity contribution in [2.45, 2.75) is 19.9 Å². The van der Waals surface area contributed by atoms with Crippen LogP contribution in [0.1, 0.15) is 17.5 Å². The first-order chi connectivity index (χ1) is 9.16. The fraction of sp³-hybridized carbons (Fsp3) is 0.286. The largest absolute Gasteiger partial charge is 0.481 e. The van der Waals surface area contributed by atoms with Gasteiger partial charge in [-0.2, -0.15) is 0 Å². The lowest BCUT2D eigenvalue weighted by molar-refractivity contribution is -0.136. The van der Waals surface area contributed by atoms with Gasteiger partial charge in [0, 0.05) is 24.7 Å². The van der Waals surface area contributed by atoms with Gasteiger partial charge in [-0.15, -0.1) is 11.3 Å². The SMILES string of the molecule is Cc1ccccc1CN(CCC(=O)O)c1nccs1. The Kier molecular flexibility index (Phi) is 4.52. The zero-order valence-electron chi connectivity index (χ0n) is 10.7. The Morgan fingerprint density at radius 3 is 2.84 bits per heavy atom. The second-order valence-corrected chi connectivity index (χ2v) is 5.18. The molecule has 0 atom stereocenters. The van der Waals surface area contributed by atoms with E-state index in [4.69, 9.17) is 5.11 Å². The maximum atomic E-state index is 10.7. The molecule has 0 radical (unpaired) electrons. The number of hydrogen-bond donors (Lipinski definition) is 1. The summed E-state index contributed by atoms with van der Waals surface area (Å²) in [6.45, 7) is 3.22. The summed E-state index contributed by atoms with van der Waals surface area (Å²) in [6.07, 6.45) is 1.86. The van der Waals surface area contributed by atoms with Crippen molar-refractivity contribution in [2.24, 2.45) is 0 Å². The minimum absolute atomic E-state index is 0.117. The van der Waals surface area contributed by atoms with Crippen molar-refractivity contribution in [3.63, 3.8) is 0 Å². The van der Waals surface area contributed by atoms with Crippen molar-refractivity contribution in [1.82, 2.24) is 4.98 Å². The number of carboxylic acid groups (broad SMARTS) is 1. The topological polar surface area (TPSA) is 53.4 Å². The van der Waals surface area contributed by atoms with Crippen LogP contribution in [0.15, 0.2) is 35.8 Å². The van der Waals surface area contributed by atoms with E-state index in [0.29, 0.717) is 13.1 Å². The van der Waals surface area contributed by atoms with Crippen molar-refractivity contribution in [3.8, 4) is 0 Å². The van der Waals surface area contributed by atoms with Gasteiger partial charge in [0.15, 0.2) is 5.13 Å². The van der Waals surface area contributed by atoms with Gasteiger partial charge >= 0.3 is 5.97 Å². The Hall–Kier alpha value is -1.88. The molecule has 0 saturated heterocycles. The number of aromatic nitrogens is 1. The minimum atomic E-state index is -0.786. The summed E-state index contributed by atoms with van der Waals surface area (Å²) < 4.78 is 0. The lowest BCUT2D eigenvalue weighted by atomic mass is 10.1. The van der Waals surface area contributed by atoms with Gasteiger partial charge in [-0.05, 0) is 18.1 Å². The molecule has 1 heterocycles. The molecule has 0 bridgehead atoms. The van der Waals surface area contributed by atoms with E-state index in [0.717, 1.165) is 5.13 Å². The van der Waals surface area contributed by atoms with Crippen molar-refractivity contribution >= 4 is 22.4 Å². The van der Waals surface area contributed by atoms with Crippen LogP contribution in [0.25, 0.3) is 0 Å². The zero-order chi connectivity index (χ0) is 13.7. The van der Waals surface area contributed by atoms with Crippen LogP contribution < -0.4 is 4.90 Å². The summed E-state index contributed by atoms with van der Waals surface area (Å²) in [4.78, 5) is 17.0. The molecule has 0 amide bonds. The molecule has 0 aliphatic rings. The number of benzene rings is 1. The number of anilines is 1. The van der Waals surface area contributed by atoms with Gasteiger partial charge in [0.1, 0.15) is 0 Å². The van der Waals surface area contributed by atoms with E-state index >= 15 is 0 Å². The average Bonchev–Trinajstić information content (AvgIpc) is 2.90. The van der Waals surface area contributed by atoms with Crippen molar-refractivity contribution in [2.75, 3.05) is 11.4 Å². The van der Waals surface area contributed by atoms with Gasteiger partial charge in [-0.1, -0.05) is 24.3 Å². The Balaban J connectivity index is 2.14. The summed E-state index contributed by atoms with van der Waals surface area (Å²) in [5.41, 5.74) is 2.41. The highest BCUT2D eigenvalue weighted by Crippen LogP contribution is 2.21. The third kappa shape index (κ3) is 3.79. The lowest BCUT2D eigenvalue weighted by Gasteiger charge is -2.22. The number of rotatable bonds is 6. The molecule has 2 rings (SSSR count). The van der Waals surface area contributed by atoms with Crippen LogP contribution in [0.3, 0.4) is 0 Å². The predicted molar refractivity (Wildman–Crippen MR) is 76.6 cm³/mol. The molecule has 0 unspecified atom stereocenters. The molecule has 0 aliphatic carbocycles. The van der Waals surface area contributed by atoms with Crippen LogP contribution in [-0.4, -0.2) is 22.6 Å². The number of carbonyl (C=O) groups is 1. The normalized spacial score (nSPS) is 10.4. The van der Waals surface area contributed by atoms with Gasteiger partial charge < -0.3 is 10.0 Å². The third-order valence-electron chi connectivity index (χ3n) is 2.91. The van der Waals surface area contributed by atoms with Crippen LogP contribution in [0, 0.1) is 6.92 Å². The molecular weight excluding hydrogens is 260 g/mol. The molecule has 2 aromatic rings. The Labute approximate surface area is 116 Å². The van der Waals surface area contributed by atoms with E-state index in [1.54, 1.807) is 6.20 Å². The molecule has 1 N–H and O–H groups in total. The van der Waals surface area contributed by atoms with E-state index in [9.17, 15) is 4.79 Å². The minimum Gasteiger partial charge on any atom is -0.481 e. The summed E-state index contributed by atoms with van der Waals surface area (Å²) in [5, 5.41) is 11.6. The van der Waals surface area contributed by atoms with Crippen LogP contribution >= 0.6 is 11.3 Å². The van der Waals surface area contributed by atoms with Crippen LogP contribution in [-0.2, 0) is 11.3 Å². The van der Waals surface area contributed by atoms with E-state index < -0.39 is 5.97 Å². The maximum absolute atomic E-state index is 10.7. The van der Waals surface area contributed by atoms with Crippen LogP contribution in [0.2, 0.25) is 0 Å². The van der Waals surface area contributed by atoms with Crippen LogP contribution in [0.5, 0.6) is 0 Å². The third-order valence-corrected chi connectivity index (χ3v) is 3.74. The number of carboxylic acids is 1. The molecular formula is C14H16N2O2S. The predicted octanol–water partition coefficient (Wildman–Crippen LogP) is 2.93. The molecule has 100 valence electrons. The fourth-order valence-corrected chi connectivity index (χ4v) is 2.51. The van der Waals surface area contributed by atoms with Gasteiger partial charge in [-0.3, -0.25) is 4.79 Å². The van der Waals surface area contributed by atoms with Gasteiger partial charge in [-0.25, -0.2) is 4.98 Å². The average molecular weight is 276 g/mol. The molecule has 4 nitrogen and oxygen atoms in total. The first-order valence-electron chi connectivity index (χ1n) is 6.07. The van der Waals surface area contributed by atoms with Crippen molar-refractivity contribution in [3.05, 3.63) is 47.0 Å². The molecule has 19 heavy (non-hydrogen) atoms.